The van der Waals surface area contributed by atoms with Gasteiger partial charge in [-0.15, -0.1) is 0 Å². The van der Waals surface area contributed by atoms with Gasteiger partial charge in [-0.25, -0.2) is 0 Å². The quantitative estimate of drug-likeness (QED) is 0.469. The Kier molecular flexibility index (Phi) is 7.08. The fourth-order valence-corrected chi connectivity index (χ4v) is 4.27. The lowest BCUT2D eigenvalue weighted by Crippen LogP contribution is -2.46. The summed E-state index contributed by atoms with van der Waals surface area (Å²) in [7, 11) is 0. The van der Waals surface area contributed by atoms with Crippen LogP contribution in [0, 0.1) is 5.41 Å². The van der Waals surface area contributed by atoms with Crippen LogP contribution in [-0.4, -0.2) is 34.1 Å². The van der Waals surface area contributed by atoms with Crippen LogP contribution >= 0.6 is 0 Å². The predicted molar refractivity (Wildman–Crippen MR) is 117 cm³/mol. The lowest BCUT2D eigenvalue weighted by atomic mass is 9.63. The molecule has 0 spiro atoms. The van der Waals surface area contributed by atoms with Crippen LogP contribution in [0.15, 0.2) is 71.4 Å². The van der Waals surface area contributed by atoms with Crippen molar-refractivity contribution in [1.82, 2.24) is 0 Å². The molecule has 0 bridgehead atoms. The summed E-state index contributed by atoms with van der Waals surface area (Å²) in [5.74, 6) is 0. The zero-order valence-electron chi connectivity index (χ0n) is 18.2. The van der Waals surface area contributed by atoms with E-state index in [1.807, 2.05) is 31.2 Å². The molecule has 0 aromatic carbocycles. The van der Waals surface area contributed by atoms with Crippen LogP contribution in [-0.2, 0) is 4.74 Å². The van der Waals surface area contributed by atoms with E-state index in [-0.39, 0.29) is 29.3 Å². The molecular formula is C25H36O3. The highest BCUT2D eigenvalue weighted by Gasteiger charge is 2.74. The van der Waals surface area contributed by atoms with Crippen LogP contribution in [0.3, 0.4) is 0 Å². The van der Waals surface area contributed by atoms with Gasteiger partial charge in [0, 0.05) is 11.8 Å². The van der Waals surface area contributed by atoms with E-state index in [9.17, 15) is 5.11 Å². The molecule has 1 aliphatic heterocycles. The van der Waals surface area contributed by atoms with Gasteiger partial charge < -0.3 is 14.9 Å². The highest BCUT2D eigenvalue weighted by atomic mass is 16.6. The molecule has 2 aliphatic rings. The summed E-state index contributed by atoms with van der Waals surface area (Å²) in [5.41, 5.74) is 2.64. The van der Waals surface area contributed by atoms with E-state index in [0.29, 0.717) is 6.42 Å². The number of aliphatic hydroxyl groups is 2. The second-order valence-electron chi connectivity index (χ2n) is 9.08. The van der Waals surface area contributed by atoms with Gasteiger partial charge in [0.05, 0.1) is 12.7 Å². The summed E-state index contributed by atoms with van der Waals surface area (Å²) in [4.78, 5) is 0. The van der Waals surface area contributed by atoms with Crippen LogP contribution in [0.5, 0.6) is 0 Å². The molecule has 2 fully saturated rings. The van der Waals surface area contributed by atoms with E-state index in [1.54, 1.807) is 0 Å². The summed E-state index contributed by atoms with van der Waals surface area (Å²) in [5, 5.41) is 19.1. The molecule has 3 atom stereocenters. The van der Waals surface area contributed by atoms with Gasteiger partial charge in [0.15, 0.2) is 0 Å². The molecular weight excluding hydrogens is 348 g/mol. The second-order valence-corrected chi connectivity index (χ2v) is 9.08. The van der Waals surface area contributed by atoms with Gasteiger partial charge in [-0.1, -0.05) is 73.6 Å². The number of fused-ring (bicyclic) bond motifs is 1. The van der Waals surface area contributed by atoms with Gasteiger partial charge in [-0.2, -0.15) is 0 Å². The molecule has 0 amide bonds. The third kappa shape index (κ3) is 5.02. The zero-order chi connectivity index (χ0) is 21.0. The van der Waals surface area contributed by atoms with Crippen molar-refractivity contribution in [3.63, 3.8) is 0 Å². The number of hydrogen-bond donors (Lipinski definition) is 2. The van der Waals surface area contributed by atoms with Crippen molar-refractivity contribution in [2.75, 3.05) is 6.61 Å². The summed E-state index contributed by atoms with van der Waals surface area (Å²) in [6.45, 7) is 12.6. The first-order valence-electron chi connectivity index (χ1n) is 10.1. The number of allylic oxidation sites excluding steroid dienone is 10. The van der Waals surface area contributed by atoms with E-state index in [0.717, 1.165) is 23.1 Å². The third-order valence-electron chi connectivity index (χ3n) is 5.91. The van der Waals surface area contributed by atoms with Gasteiger partial charge in [-0.05, 0) is 45.8 Å². The predicted octanol–water partition coefficient (Wildman–Crippen LogP) is 5.19. The number of ether oxygens (including phenoxy) is 1. The Bertz CT molecular complexity index is 748. The number of hydrogen-bond acceptors (Lipinski definition) is 3. The normalized spacial score (nSPS) is 33.9. The average Bonchev–Trinajstić information content (AvgIpc) is 3.22. The molecule has 0 unspecified atom stereocenters. The molecule has 0 aromatic heterocycles. The largest absolute Gasteiger partial charge is 0.393 e. The Labute approximate surface area is 170 Å². The van der Waals surface area contributed by atoms with E-state index in [4.69, 9.17) is 9.84 Å². The van der Waals surface area contributed by atoms with Crippen LogP contribution in [0.2, 0.25) is 0 Å². The standard InChI is InChI=1S/C25H36O3/c1-19(10-7-8-11-21(3)18-26)12-9-13-20(2)14-15-25-23(4,5)16-22(27)17-24(25,6)28-25/h7-15,22,26-27H,16-18H2,1-6H3/b8-7+,12-9+,15-14+,19-10-,20-13+,21-11+/t22-,24+,25-/m0/s1. The van der Waals surface area contributed by atoms with Gasteiger partial charge in [0.25, 0.3) is 0 Å². The third-order valence-corrected chi connectivity index (χ3v) is 5.91. The van der Waals surface area contributed by atoms with Crippen LogP contribution in [0.25, 0.3) is 0 Å². The molecule has 0 aromatic rings. The summed E-state index contributed by atoms with van der Waals surface area (Å²) < 4.78 is 6.18. The molecule has 2 N–H and O–H groups in total. The van der Waals surface area contributed by atoms with E-state index < -0.39 is 0 Å². The van der Waals surface area contributed by atoms with Crippen molar-refractivity contribution in [2.45, 2.75) is 71.7 Å². The second kappa shape index (κ2) is 8.77. The molecule has 0 radical (unpaired) electrons. The molecule has 1 heterocycles. The molecule has 3 nitrogen and oxygen atoms in total. The minimum Gasteiger partial charge on any atom is -0.393 e. The maximum Gasteiger partial charge on any atom is 0.121 e. The number of epoxide rings is 1. The summed E-state index contributed by atoms with van der Waals surface area (Å²) >= 11 is 0. The maximum absolute atomic E-state index is 10.1. The minimum atomic E-state index is -0.282. The molecule has 1 saturated heterocycles. The lowest BCUT2D eigenvalue weighted by molar-refractivity contribution is 0.0515. The molecule has 154 valence electrons. The Morgan fingerprint density at radius 3 is 2.18 bits per heavy atom. The summed E-state index contributed by atoms with van der Waals surface area (Å²) in [6, 6.07) is 0. The Balaban J connectivity index is 1.98. The number of rotatable bonds is 7. The Hall–Kier alpha value is -1.68. The minimum absolute atomic E-state index is 0.0828. The topological polar surface area (TPSA) is 53.0 Å². The fraction of sp³-hybridized carbons (Fsp3) is 0.520. The van der Waals surface area contributed by atoms with Crippen molar-refractivity contribution in [3.8, 4) is 0 Å². The maximum atomic E-state index is 10.1. The monoisotopic (exact) mass is 384 g/mol. The molecule has 3 heteroatoms. The first-order chi connectivity index (χ1) is 13.1. The Morgan fingerprint density at radius 2 is 1.54 bits per heavy atom. The van der Waals surface area contributed by atoms with Gasteiger partial charge in [0.2, 0.25) is 0 Å². The van der Waals surface area contributed by atoms with E-state index in [2.05, 4.69) is 65.0 Å². The zero-order valence-corrected chi connectivity index (χ0v) is 18.2. The summed E-state index contributed by atoms with van der Waals surface area (Å²) in [6.07, 6.45) is 19.6. The van der Waals surface area contributed by atoms with E-state index >= 15 is 0 Å². The van der Waals surface area contributed by atoms with Crippen molar-refractivity contribution >= 4 is 0 Å². The van der Waals surface area contributed by atoms with Crippen molar-refractivity contribution < 1.29 is 14.9 Å². The lowest BCUT2D eigenvalue weighted by Gasteiger charge is -2.39. The number of aliphatic hydroxyl groups excluding tert-OH is 2. The van der Waals surface area contributed by atoms with Crippen LogP contribution in [0.1, 0.15) is 54.4 Å². The molecule has 28 heavy (non-hydrogen) atoms. The van der Waals surface area contributed by atoms with Gasteiger partial charge in [0.1, 0.15) is 11.2 Å². The average molecular weight is 385 g/mol. The molecule has 1 aliphatic carbocycles. The fourth-order valence-electron chi connectivity index (χ4n) is 4.27. The van der Waals surface area contributed by atoms with Crippen LogP contribution in [0.4, 0.5) is 0 Å². The first kappa shape index (κ1) is 22.6. The first-order valence-corrected chi connectivity index (χ1v) is 10.1. The SMILES string of the molecule is CC(=C/C=C/C=C(\C)CO)/C=C/C=C(C)/C=C/[C@@]12O[C@]1(C)C[C@@H](O)CC2(C)C. The molecule has 1 saturated carbocycles. The van der Waals surface area contributed by atoms with Crippen molar-refractivity contribution in [3.05, 3.63) is 71.4 Å². The van der Waals surface area contributed by atoms with Gasteiger partial charge in [-0.3, -0.25) is 0 Å². The Morgan fingerprint density at radius 1 is 0.929 bits per heavy atom. The van der Waals surface area contributed by atoms with Crippen LogP contribution < -0.4 is 0 Å². The van der Waals surface area contributed by atoms with Crippen molar-refractivity contribution in [2.24, 2.45) is 5.41 Å². The van der Waals surface area contributed by atoms with Crippen molar-refractivity contribution in [1.29, 1.82) is 0 Å². The highest BCUT2D eigenvalue weighted by Crippen LogP contribution is 2.66. The van der Waals surface area contributed by atoms with Gasteiger partial charge >= 0.3 is 0 Å². The smallest absolute Gasteiger partial charge is 0.121 e. The molecule has 2 rings (SSSR count). The van der Waals surface area contributed by atoms with E-state index in [1.165, 1.54) is 0 Å². The highest BCUT2D eigenvalue weighted by molar-refractivity contribution is 5.36.